The predicted octanol–water partition coefficient (Wildman–Crippen LogP) is 4.60. The predicted molar refractivity (Wildman–Crippen MR) is 81.9 cm³/mol. The Labute approximate surface area is 131 Å². The molecule has 3 rings (SSSR count). The van der Waals surface area contributed by atoms with Gasteiger partial charge in [0.1, 0.15) is 5.75 Å². The highest BCUT2D eigenvalue weighted by Crippen LogP contribution is 2.38. The lowest BCUT2D eigenvalue weighted by Crippen LogP contribution is -2.20. The minimum absolute atomic E-state index is 0.159. The first-order valence-electron chi connectivity index (χ1n) is 6.22. The third-order valence-electron chi connectivity index (χ3n) is 3.25. The summed E-state index contributed by atoms with van der Waals surface area (Å²) >= 11 is 11.9. The van der Waals surface area contributed by atoms with Crippen LogP contribution in [0.1, 0.15) is 17.2 Å². The Morgan fingerprint density at radius 3 is 2.57 bits per heavy atom. The van der Waals surface area contributed by atoms with Gasteiger partial charge in [0.25, 0.3) is 0 Å². The average Bonchev–Trinajstić information content (AvgIpc) is 2.48. The van der Waals surface area contributed by atoms with E-state index in [1.54, 1.807) is 30.3 Å². The monoisotopic (exact) mass is 320 g/mol. The van der Waals surface area contributed by atoms with Crippen molar-refractivity contribution in [3.8, 4) is 5.75 Å². The molecule has 0 bridgehead atoms. The standard InChI is InChI=1S/C16H10Cl2O3/c17-12-6-5-10(8-13(12)18)15-11(16(19)20)7-9-3-1-2-4-14(9)21-15/h1-8,15H,(H,19,20)/t15-/m0/s1. The lowest BCUT2D eigenvalue weighted by Gasteiger charge is -2.25. The van der Waals surface area contributed by atoms with E-state index in [4.69, 9.17) is 27.9 Å². The number of aliphatic carboxylic acids is 1. The van der Waals surface area contributed by atoms with Crippen LogP contribution < -0.4 is 4.74 Å². The first-order valence-corrected chi connectivity index (χ1v) is 6.97. The highest BCUT2D eigenvalue weighted by Gasteiger charge is 2.29. The van der Waals surface area contributed by atoms with E-state index in [1.807, 2.05) is 18.2 Å². The minimum atomic E-state index is -1.03. The Balaban J connectivity index is 2.10. The molecule has 1 aliphatic heterocycles. The Morgan fingerprint density at radius 1 is 1.10 bits per heavy atom. The van der Waals surface area contributed by atoms with E-state index >= 15 is 0 Å². The van der Waals surface area contributed by atoms with Crippen molar-refractivity contribution in [2.45, 2.75) is 6.10 Å². The number of halogens is 2. The molecular formula is C16H10Cl2O3. The zero-order chi connectivity index (χ0) is 15.0. The van der Waals surface area contributed by atoms with Crippen LogP contribution >= 0.6 is 23.2 Å². The smallest absolute Gasteiger partial charge is 0.335 e. The summed E-state index contributed by atoms with van der Waals surface area (Å²) in [6.07, 6.45) is 0.904. The van der Waals surface area contributed by atoms with Crippen molar-refractivity contribution in [2.24, 2.45) is 0 Å². The number of fused-ring (bicyclic) bond motifs is 1. The first-order chi connectivity index (χ1) is 10.1. The maximum Gasteiger partial charge on any atom is 0.335 e. The Morgan fingerprint density at radius 2 is 1.86 bits per heavy atom. The topological polar surface area (TPSA) is 46.5 Å². The first kappa shape index (κ1) is 14.0. The van der Waals surface area contributed by atoms with Crippen molar-refractivity contribution in [1.29, 1.82) is 0 Å². The fourth-order valence-electron chi connectivity index (χ4n) is 2.24. The zero-order valence-electron chi connectivity index (χ0n) is 10.7. The van der Waals surface area contributed by atoms with Gasteiger partial charge in [-0.05, 0) is 29.8 Å². The second-order valence-corrected chi connectivity index (χ2v) is 5.43. The molecule has 5 heteroatoms. The molecule has 0 fully saturated rings. The number of carbonyl (C=O) groups is 1. The third-order valence-corrected chi connectivity index (χ3v) is 3.99. The van der Waals surface area contributed by atoms with Crippen molar-refractivity contribution in [2.75, 3.05) is 0 Å². The number of hydrogen-bond donors (Lipinski definition) is 1. The van der Waals surface area contributed by atoms with Crippen LogP contribution in [-0.2, 0) is 4.79 Å². The Kier molecular flexibility index (Phi) is 3.62. The average molecular weight is 321 g/mol. The molecule has 1 heterocycles. The molecule has 0 aromatic heterocycles. The van der Waals surface area contributed by atoms with Gasteiger partial charge in [0, 0.05) is 5.56 Å². The summed E-state index contributed by atoms with van der Waals surface area (Å²) < 4.78 is 5.84. The van der Waals surface area contributed by atoms with Crippen LogP contribution in [-0.4, -0.2) is 11.1 Å². The molecule has 1 atom stereocenters. The van der Waals surface area contributed by atoms with Crippen molar-refractivity contribution in [3.05, 3.63) is 69.2 Å². The van der Waals surface area contributed by atoms with E-state index in [2.05, 4.69) is 0 Å². The SMILES string of the molecule is O=C(O)C1=Cc2ccccc2O[C@H]1c1ccc(Cl)c(Cl)c1. The molecule has 1 aliphatic rings. The molecule has 0 radical (unpaired) electrons. The molecule has 0 aliphatic carbocycles. The Bertz CT molecular complexity index is 753. The molecule has 3 nitrogen and oxygen atoms in total. The van der Waals surface area contributed by atoms with Gasteiger partial charge < -0.3 is 9.84 Å². The summed E-state index contributed by atoms with van der Waals surface area (Å²) in [5, 5.41) is 10.2. The maximum atomic E-state index is 11.5. The molecule has 106 valence electrons. The van der Waals surface area contributed by atoms with Gasteiger partial charge in [0.15, 0.2) is 6.10 Å². The van der Waals surface area contributed by atoms with Crippen LogP contribution in [0, 0.1) is 0 Å². The highest BCUT2D eigenvalue weighted by atomic mass is 35.5. The summed E-state index contributed by atoms with van der Waals surface area (Å²) in [6.45, 7) is 0. The normalized spacial score (nSPS) is 16.7. The van der Waals surface area contributed by atoms with E-state index in [-0.39, 0.29) is 5.57 Å². The van der Waals surface area contributed by atoms with Gasteiger partial charge in [-0.2, -0.15) is 0 Å². The Hall–Kier alpha value is -1.97. The second-order valence-electron chi connectivity index (χ2n) is 4.61. The lowest BCUT2D eigenvalue weighted by atomic mass is 9.96. The second kappa shape index (κ2) is 5.43. The van der Waals surface area contributed by atoms with E-state index in [9.17, 15) is 9.90 Å². The lowest BCUT2D eigenvalue weighted by molar-refractivity contribution is -0.133. The fraction of sp³-hybridized carbons (Fsp3) is 0.0625. The number of ether oxygens (including phenoxy) is 1. The summed E-state index contributed by atoms with van der Waals surface area (Å²) in [5.74, 6) is -0.390. The third kappa shape index (κ3) is 2.62. The number of para-hydroxylation sites is 1. The molecule has 1 N–H and O–H groups in total. The van der Waals surface area contributed by atoms with Gasteiger partial charge in [-0.15, -0.1) is 0 Å². The number of carboxylic acid groups (broad SMARTS) is 1. The van der Waals surface area contributed by atoms with Crippen molar-refractivity contribution >= 4 is 35.2 Å². The summed E-state index contributed by atoms with van der Waals surface area (Å²) in [6, 6.07) is 12.2. The van der Waals surface area contributed by atoms with Gasteiger partial charge >= 0.3 is 5.97 Å². The maximum absolute atomic E-state index is 11.5. The van der Waals surface area contributed by atoms with Gasteiger partial charge in [-0.25, -0.2) is 4.79 Å². The molecule has 2 aromatic rings. The number of hydrogen-bond acceptors (Lipinski definition) is 2. The van der Waals surface area contributed by atoms with Gasteiger partial charge in [-0.3, -0.25) is 0 Å². The van der Waals surface area contributed by atoms with Gasteiger partial charge in [0.05, 0.1) is 15.6 Å². The molecule has 21 heavy (non-hydrogen) atoms. The number of benzene rings is 2. The van der Waals surface area contributed by atoms with Crippen LogP contribution in [0.5, 0.6) is 5.75 Å². The van der Waals surface area contributed by atoms with Crippen LogP contribution in [0.15, 0.2) is 48.0 Å². The summed E-state index contributed by atoms with van der Waals surface area (Å²) in [5.41, 5.74) is 1.55. The fourth-order valence-corrected chi connectivity index (χ4v) is 2.54. The number of carboxylic acids is 1. The molecule has 0 unspecified atom stereocenters. The van der Waals surface area contributed by atoms with E-state index in [0.717, 1.165) is 5.56 Å². The quantitative estimate of drug-likeness (QED) is 0.879. The van der Waals surface area contributed by atoms with Crippen molar-refractivity contribution < 1.29 is 14.6 Å². The molecule has 0 saturated heterocycles. The van der Waals surface area contributed by atoms with Gasteiger partial charge in [-0.1, -0.05) is 47.5 Å². The van der Waals surface area contributed by atoms with Crippen LogP contribution in [0.2, 0.25) is 10.0 Å². The highest BCUT2D eigenvalue weighted by molar-refractivity contribution is 6.42. The molecular weight excluding hydrogens is 311 g/mol. The summed E-state index contributed by atoms with van der Waals surface area (Å²) in [4.78, 5) is 11.5. The largest absolute Gasteiger partial charge is 0.480 e. The van der Waals surface area contributed by atoms with Gasteiger partial charge in [0.2, 0.25) is 0 Å². The molecule has 0 saturated carbocycles. The van der Waals surface area contributed by atoms with Crippen LogP contribution in [0.3, 0.4) is 0 Å². The van der Waals surface area contributed by atoms with Crippen molar-refractivity contribution in [1.82, 2.24) is 0 Å². The minimum Gasteiger partial charge on any atom is -0.480 e. The molecule has 0 spiro atoms. The van der Waals surface area contributed by atoms with Crippen LogP contribution in [0.4, 0.5) is 0 Å². The molecule has 2 aromatic carbocycles. The number of rotatable bonds is 2. The summed E-state index contributed by atoms with van der Waals surface area (Å²) in [7, 11) is 0. The van der Waals surface area contributed by atoms with Crippen molar-refractivity contribution in [3.63, 3.8) is 0 Å². The van der Waals surface area contributed by atoms with E-state index in [1.165, 1.54) is 0 Å². The zero-order valence-corrected chi connectivity index (χ0v) is 12.2. The van der Waals surface area contributed by atoms with E-state index in [0.29, 0.717) is 21.4 Å². The molecule has 0 amide bonds. The van der Waals surface area contributed by atoms with Crippen LogP contribution in [0.25, 0.3) is 6.08 Å². The van der Waals surface area contributed by atoms with E-state index < -0.39 is 12.1 Å².